The largest absolute Gasteiger partial charge is 0.322 e. The molecule has 1 aliphatic carbocycles. The van der Waals surface area contributed by atoms with Crippen LogP contribution in [0.2, 0.25) is 0 Å². The minimum absolute atomic E-state index is 0.166. The number of aromatic nitrogens is 5. The van der Waals surface area contributed by atoms with Crippen LogP contribution in [0.25, 0.3) is 22.1 Å². The number of hydrogen-bond acceptors (Lipinski definition) is 5. The Morgan fingerprint density at radius 2 is 1.93 bits per heavy atom. The lowest BCUT2D eigenvalue weighted by atomic mass is 10.1. The molecule has 1 aromatic carbocycles. The van der Waals surface area contributed by atoms with Crippen molar-refractivity contribution in [3.63, 3.8) is 0 Å². The van der Waals surface area contributed by atoms with Crippen molar-refractivity contribution >= 4 is 33.7 Å². The smallest absolute Gasteiger partial charge is 0.256 e. The number of amides is 1. The topological polar surface area (TPSA) is 85.6 Å². The molecule has 7 heteroatoms. The molecule has 4 aromatic rings. The summed E-state index contributed by atoms with van der Waals surface area (Å²) in [6.07, 6.45) is 7.28. The van der Waals surface area contributed by atoms with E-state index in [2.05, 4.69) is 34.2 Å². The van der Waals surface area contributed by atoms with Gasteiger partial charge in [0.05, 0.1) is 28.2 Å². The number of pyridine rings is 1. The van der Waals surface area contributed by atoms with Crippen molar-refractivity contribution in [1.82, 2.24) is 24.7 Å². The van der Waals surface area contributed by atoms with Crippen molar-refractivity contribution in [2.45, 2.75) is 38.6 Å². The van der Waals surface area contributed by atoms with Crippen molar-refractivity contribution in [1.29, 1.82) is 0 Å². The fourth-order valence-corrected chi connectivity index (χ4v) is 3.43. The summed E-state index contributed by atoms with van der Waals surface area (Å²) in [5.41, 5.74) is 4.58. The number of fused-ring (bicyclic) bond motifs is 2. The Labute approximate surface area is 161 Å². The molecule has 1 amide bonds. The Morgan fingerprint density at radius 3 is 2.68 bits per heavy atom. The molecule has 3 aromatic heterocycles. The number of benzene rings is 1. The van der Waals surface area contributed by atoms with Gasteiger partial charge in [0.15, 0.2) is 5.65 Å². The molecule has 3 heterocycles. The second kappa shape index (κ2) is 6.37. The minimum Gasteiger partial charge on any atom is -0.322 e. The highest BCUT2D eigenvalue weighted by Crippen LogP contribution is 2.40. The van der Waals surface area contributed by atoms with Gasteiger partial charge in [-0.25, -0.2) is 9.67 Å². The fraction of sp³-hybridized carbons (Fsp3) is 0.286. The number of nitrogens with one attached hydrogen (secondary N) is 1. The summed E-state index contributed by atoms with van der Waals surface area (Å²) in [5, 5.41) is 8.23. The molecule has 0 atom stereocenters. The zero-order chi connectivity index (χ0) is 19.3. The van der Waals surface area contributed by atoms with Gasteiger partial charge in [-0.1, -0.05) is 0 Å². The quantitative estimate of drug-likeness (QED) is 0.583. The van der Waals surface area contributed by atoms with Crippen LogP contribution >= 0.6 is 0 Å². The number of nitrogens with zero attached hydrogens (tertiary/aromatic N) is 5. The maximum atomic E-state index is 13.1. The van der Waals surface area contributed by atoms with Crippen LogP contribution in [0.5, 0.6) is 0 Å². The SMILES string of the molecule is CC(C)n1ncc2c(C(=O)Nc3ccc4nccnc4c3)cc(C3CC3)nc21. The van der Waals surface area contributed by atoms with Crippen molar-refractivity contribution in [3.05, 3.63) is 54.1 Å². The predicted molar refractivity (Wildman–Crippen MR) is 107 cm³/mol. The van der Waals surface area contributed by atoms with Crippen molar-refractivity contribution < 1.29 is 4.79 Å². The Morgan fingerprint density at radius 1 is 1.14 bits per heavy atom. The molecule has 0 radical (unpaired) electrons. The zero-order valence-electron chi connectivity index (χ0n) is 15.8. The van der Waals surface area contributed by atoms with E-state index < -0.39 is 0 Å². The van der Waals surface area contributed by atoms with Gasteiger partial charge < -0.3 is 5.32 Å². The second-order valence-electron chi connectivity index (χ2n) is 7.50. The van der Waals surface area contributed by atoms with Crippen LogP contribution in [0.3, 0.4) is 0 Å². The summed E-state index contributed by atoms with van der Waals surface area (Å²) in [5.74, 6) is 0.281. The first-order valence-corrected chi connectivity index (χ1v) is 9.50. The van der Waals surface area contributed by atoms with E-state index in [0.29, 0.717) is 17.2 Å². The van der Waals surface area contributed by atoms with E-state index in [1.54, 1.807) is 18.6 Å². The molecule has 1 aliphatic rings. The molecular formula is C21H20N6O. The van der Waals surface area contributed by atoms with Crippen molar-refractivity contribution in [3.8, 4) is 0 Å². The molecular weight excluding hydrogens is 352 g/mol. The first kappa shape index (κ1) is 16.8. The van der Waals surface area contributed by atoms with Crippen LogP contribution in [0.4, 0.5) is 5.69 Å². The molecule has 0 saturated heterocycles. The average Bonchev–Trinajstić information content (AvgIpc) is 3.45. The number of anilines is 1. The highest BCUT2D eigenvalue weighted by atomic mass is 16.1. The molecule has 5 rings (SSSR count). The minimum atomic E-state index is -0.166. The summed E-state index contributed by atoms with van der Waals surface area (Å²) < 4.78 is 1.88. The van der Waals surface area contributed by atoms with Crippen molar-refractivity contribution in [2.24, 2.45) is 0 Å². The van der Waals surface area contributed by atoms with E-state index in [1.165, 1.54) is 0 Å². The van der Waals surface area contributed by atoms with E-state index in [4.69, 9.17) is 4.98 Å². The fourth-order valence-electron chi connectivity index (χ4n) is 3.43. The molecule has 1 N–H and O–H groups in total. The van der Waals surface area contributed by atoms with Crippen LogP contribution in [-0.2, 0) is 0 Å². The Bertz CT molecular complexity index is 1210. The first-order chi connectivity index (χ1) is 13.6. The average molecular weight is 372 g/mol. The van der Waals surface area contributed by atoms with Gasteiger partial charge in [-0.05, 0) is 51.0 Å². The van der Waals surface area contributed by atoms with Crippen LogP contribution in [0.15, 0.2) is 42.9 Å². The van der Waals surface area contributed by atoms with Gasteiger partial charge in [-0.15, -0.1) is 0 Å². The second-order valence-corrected chi connectivity index (χ2v) is 7.50. The molecule has 0 aliphatic heterocycles. The van der Waals surface area contributed by atoms with Crippen LogP contribution in [-0.4, -0.2) is 30.6 Å². The molecule has 0 spiro atoms. The van der Waals surface area contributed by atoms with E-state index in [1.807, 2.05) is 28.9 Å². The van der Waals surface area contributed by atoms with E-state index in [-0.39, 0.29) is 11.9 Å². The summed E-state index contributed by atoms with van der Waals surface area (Å²) in [6, 6.07) is 7.62. The summed E-state index contributed by atoms with van der Waals surface area (Å²) >= 11 is 0. The monoisotopic (exact) mass is 372 g/mol. The van der Waals surface area contributed by atoms with Crippen LogP contribution in [0, 0.1) is 0 Å². The Hall–Kier alpha value is -3.35. The summed E-state index contributed by atoms with van der Waals surface area (Å²) in [6.45, 7) is 4.13. The highest BCUT2D eigenvalue weighted by molar-refractivity contribution is 6.12. The third kappa shape index (κ3) is 2.89. The number of carbonyl (C=O) groups is 1. The lowest BCUT2D eigenvalue weighted by Gasteiger charge is -2.11. The first-order valence-electron chi connectivity index (χ1n) is 9.50. The lowest BCUT2D eigenvalue weighted by molar-refractivity contribution is 0.102. The van der Waals surface area contributed by atoms with Gasteiger partial charge in [0, 0.05) is 35.7 Å². The third-order valence-electron chi connectivity index (χ3n) is 5.04. The van der Waals surface area contributed by atoms with Crippen LogP contribution in [0.1, 0.15) is 54.7 Å². The predicted octanol–water partition coefficient (Wildman–Crippen LogP) is 4.09. The molecule has 1 saturated carbocycles. The Kier molecular flexibility index (Phi) is 3.82. The highest BCUT2D eigenvalue weighted by Gasteiger charge is 2.28. The van der Waals surface area contributed by atoms with Gasteiger partial charge in [0.25, 0.3) is 5.91 Å². The zero-order valence-corrected chi connectivity index (χ0v) is 15.8. The van der Waals surface area contributed by atoms with E-state index in [9.17, 15) is 4.79 Å². The number of hydrogen-bond donors (Lipinski definition) is 1. The molecule has 140 valence electrons. The third-order valence-corrected chi connectivity index (χ3v) is 5.04. The van der Waals surface area contributed by atoms with E-state index >= 15 is 0 Å². The number of rotatable bonds is 4. The van der Waals surface area contributed by atoms with Gasteiger partial charge >= 0.3 is 0 Å². The lowest BCUT2D eigenvalue weighted by Crippen LogP contribution is -2.14. The van der Waals surface area contributed by atoms with Gasteiger partial charge in [-0.3, -0.25) is 14.8 Å². The van der Waals surface area contributed by atoms with Crippen molar-refractivity contribution in [2.75, 3.05) is 5.32 Å². The Balaban J connectivity index is 1.56. The molecule has 0 bridgehead atoms. The molecule has 7 nitrogen and oxygen atoms in total. The molecule has 28 heavy (non-hydrogen) atoms. The van der Waals surface area contributed by atoms with E-state index in [0.717, 1.165) is 40.6 Å². The summed E-state index contributed by atoms with van der Waals surface area (Å²) in [4.78, 5) is 26.5. The normalized spacial score (nSPS) is 14.1. The van der Waals surface area contributed by atoms with Crippen LogP contribution < -0.4 is 5.32 Å². The summed E-state index contributed by atoms with van der Waals surface area (Å²) in [7, 11) is 0. The molecule has 1 fully saturated rings. The van der Waals surface area contributed by atoms with Gasteiger partial charge in [0.1, 0.15) is 0 Å². The maximum absolute atomic E-state index is 13.1. The standard InChI is InChI=1S/C21H20N6O/c1-12(2)27-20-16(11-24-27)15(10-18(26-20)13-3-4-13)21(28)25-14-5-6-17-19(9-14)23-8-7-22-17/h5-13H,3-4H2,1-2H3,(H,25,28). The van der Waals surface area contributed by atoms with Gasteiger partial charge in [0.2, 0.25) is 0 Å². The van der Waals surface area contributed by atoms with Gasteiger partial charge in [-0.2, -0.15) is 5.10 Å². The number of carbonyl (C=O) groups excluding carboxylic acids is 1. The maximum Gasteiger partial charge on any atom is 0.256 e. The molecule has 0 unspecified atom stereocenters.